The molecule has 61 valence electrons. The Morgan fingerprint density at radius 3 is 3.25 bits per heavy atom. The Hall–Kier alpha value is -1.20. The molecule has 1 heterocycles. The summed E-state index contributed by atoms with van der Waals surface area (Å²) in [5.74, 6) is 3.54. The molecule has 0 amide bonds. The van der Waals surface area contributed by atoms with E-state index in [9.17, 15) is 0 Å². The van der Waals surface area contributed by atoms with Gasteiger partial charge < -0.3 is 4.74 Å². The van der Waals surface area contributed by atoms with Gasteiger partial charge in [0, 0.05) is 5.38 Å². The first kappa shape index (κ1) is 8.89. The molecule has 2 heteroatoms. The Morgan fingerprint density at radius 2 is 2.58 bits per heavy atom. The van der Waals surface area contributed by atoms with E-state index in [0.717, 1.165) is 12.2 Å². The zero-order valence-electron chi connectivity index (χ0n) is 6.62. The molecule has 0 spiro atoms. The summed E-state index contributed by atoms with van der Waals surface area (Å²) in [5, 5.41) is 3.85. The first-order valence-corrected chi connectivity index (χ1v) is 4.51. The molecule has 0 saturated heterocycles. The maximum absolute atomic E-state index is 5.07. The molecule has 0 fully saturated rings. The van der Waals surface area contributed by atoms with Crippen LogP contribution in [0.3, 0.4) is 0 Å². The van der Waals surface area contributed by atoms with E-state index in [0.29, 0.717) is 0 Å². The topological polar surface area (TPSA) is 9.23 Å². The van der Waals surface area contributed by atoms with Crippen molar-refractivity contribution in [3.63, 3.8) is 0 Å². The van der Waals surface area contributed by atoms with Crippen LogP contribution in [-0.4, -0.2) is 0 Å². The molecule has 0 aliphatic heterocycles. The molecule has 12 heavy (non-hydrogen) atoms. The van der Waals surface area contributed by atoms with Crippen molar-refractivity contribution in [3.8, 4) is 17.8 Å². The Balaban J connectivity index is 2.33. The highest BCUT2D eigenvalue weighted by Crippen LogP contribution is 2.13. The third-order valence-corrected chi connectivity index (χ3v) is 1.75. The highest BCUT2D eigenvalue weighted by molar-refractivity contribution is 7.08. The van der Waals surface area contributed by atoms with Gasteiger partial charge in [-0.05, 0) is 36.8 Å². The van der Waals surface area contributed by atoms with E-state index in [4.69, 9.17) is 4.74 Å². The smallest absolute Gasteiger partial charge is 0.150 e. The largest absolute Gasteiger partial charge is 0.406 e. The van der Waals surface area contributed by atoms with Crippen molar-refractivity contribution in [1.82, 2.24) is 0 Å². The number of hydrogen-bond donors (Lipinski definition) is 0. The van der Waals surface area contributed by atoms with Gasteiger partial charge in [0.2, 0.25) is 0 Å². The standard InChI is InChI=1S/C10H9OS/c1-2-3-4-5-7-11-10-6-8-12-9-10/h3-4,6,8-9H,1-2H2. The number of rotatable bonds is 2. The zero-order valence-corrected chi connectivity index (χ0v) is 7.43. The van der Waals surface area contributed by atoms with Gasteiger partial charge in [-0.1, -0.05) is 6.08 Å². The van der Waals surface area contributed by atoms with E-state index in [2.05, 4.69) is 19.0 Å². The quantitative estimate of drug-likeness (QED) is 0.631. The van der Waals surface area contributed by atoms with Crippen molar-refractivity contribution in [2.24, 2.45) is 0 Å². The van der Waals surface area contributed by atoms with E-state index in [1.165, 1.54) is 0 Å². The van der Waals surface area contributed by atoms with Crippen molar-refractivity contribution in [1.29, 1.82) is 0 Å². The van der Waals surface area contributed by atoms with Gasteiger partial charge in [-0.25, -0.2) is 0 Å². The first-order chi connectivity index (χ1) is 5.93. The first-order valence-electron chi connectivity index (χ1n) is 3.57. The number of thiophene rings is 1. The van der Waals surface area contributed by atoms with Crippen LogP contribution in [0.5, 0.6) is 5.75 Å². The molecule has 1 nitrogen and oxygen atoms in total. The van der Waals surface area contributed by atoms with Crippen LogP contribution in [-0.2, 0) is 0 Å². The Kier molecular flexibility index (Phi) is 4.04. The SMILES string of the molecule is [CH2]CC=CC#COc1ccsc1. The highest BCUT2D eigenvalue weighted by atomic mass is 32.1. The average Bonchev–Trinajstić information content (AvgIpc) is 2.57. The van der Waals surface area contributed by atoms with E-state index < -0.39 is 0 Å². The lowest BCUT2D eigenvalue weighted by Gasteiger charge is -1.85. The van der Waals surface area contributed by atoms with E-state index in [1.54, 1.807) is 17.4 Å². The normalized spacial score (nSPS) is 9.42. The molecule has 0 saturated carbocycles. The number of hydrogen-bond acceptors (Lipinski definition) is 2. The molecule has 1 aromatic rings. The predicted octanol–water partition coefficient (Wildman–Crippen LogP) is 2.87. The van der Waals surface area contributed by atoms with E-state index in [-0.39, 0.29) is 0 Å². The van der Waals surface area contributed by atoms with Crippen molar-refractivity contribution in [2.45, 2.75) is 6.42 Å². The molecular formula is C10H9OS. The molecule has 1 rings (SSSR count). The molecule has 1 aromatic heterocycles. The maximum atomic E-state index is 5.07. The van der Waals surface area contributed by atoms with Gasteiger partial charge >= 0.3 is 0 Å². The van der Waals surface area contributed by atoms with Crippen LogP contribution in [0.4, 0.5) is 0 Å². The van der Waals surface area contributed by atoms with Gasteiger partial charge in [0.15, 0.2) is 5.75 Å². The second-order valence-electron chi connectivity index (χ2n) is 2.00. The van der Waals surface area contributed by atoms with Crippen LogP contribution in [0.15, 0.2) is 29.0 Å². The molecule has 0 aliphatic carbocycles. The third kappa shape index (κ3) is 3.27. The summed E-state index contributed by atoms with van der Waals surface area (Å²) >= 11 is 1.59. The van der Waals surface area contributed by atoms with Crippen LogP contribution in [0.25, 0.3) is 0 Å². The fourth-order valence-corrected chi connectivity index (χ4v) is 1.13. The maximum Gasteiger partial charge on any atom is 0.150 e. The second-order valence-corrected chi connectivity index (χ2v) is 2.78. The lowest BCUT2D eigenvalue weighted by Crippen LogP contribution is -1.76. The van der Waals surface area contributed by atoms with Crippen molar-refractivity contribution >= 4 is 11.3 Å². The van der Waals surface area contributed by atoms with Crippen molar-refractivity contribution in [2.75, 3.05) is 0 Å². The van der Waals surface area contributed by atoms with Crippen LogP contribution in [0, 0.1) is 19.0 Å². The molecular weight excluding hydrogens is 168 g/mol. The molecule has 0 aliphatic rings. The summed E-state index contributed by atoms with van der Waals surface area (Å²) < 4.78 is 5.07. The summed E-state index contributed by atoms with van der Waals surface area (Å²) in [6, 6.07) is 1.88. The van der Waals surface area contributed by atoms with Gasteiger partial charge in [-0.3, -0.25) is 0 Å². The van der Waals surface area contributed by atoms with Crippen molar-refractivity contribution < 1.29 is 4.74 Å². The summed E-state index contributed by atoms with van der Waals surface area (Å²) in [6.07, 6.45) is 6.94. The summed E-state index contributed by atoms with van der Waals surface area (Å²) in [5.41, 5.74) is 0. The number of ether oxygens (including phenoxy) is 1. The molecule has 0 unspecified atom stereocenters. The molecule has 1 radical (unpaired) electrons. The van der Waals surface area contributed by atoms with E-state index >= 15 is 0 Å². The minimum absolute atomic E-state index is 0.757. The minimum atomic E-state index is 0.757. The average molecular weight is 177 g/mol. The predicted molar refractivity (Wildman–Crippen MR) is 51.8 cm³/mol. The fraction of sp³-hybridized carbons (Fsp3) is 0.100. The summed E-state index contributed by atoms with van der Waals surface area (Å²) in [4.78, 5) is 0. The summed E-state index contributed by atoms with van der Waals surface area (Å²) in [7, 11) is 0. The Morgan fingerprint density at radius 1 is 1.67 bits per heavy atom. The van der Waals surface area contributed by atoms with Crippen LogP contribution >= 0.6 is 11.3 Å². The van der Waals surface area contributed by atoms with Crippen molar-refractivity contribution in [3.05, 3.63) is 35.9 Å². The summed E-state index contributed by atoms with van der Waals surface area (Å²) in [6.45, 7) is 3.64. The van der Waals surface area contributed by atoms with E-state index in [1.807, 2.05) is 22.9 Å². The lowest BCUT2D eigenvalue weighted by atomic mass is 10.4. The molecule has 0 bridgehead atoms. The molecule has 0 atom stereocenters. The van der Waals surface area contributed by atoms with Gasteiger partial charge in [0.1, 0.15) is 6.11 Å². The van der Waals surface area contributed by atoms with Gasteiger partial charge in [-0.15, -0.1) is 11.3 Å². The van der Waals surface area contributed by atoms with Gasteiger partial charge in [-0.2, -0.15) is 0 Å². The third-order valence-electron chi connectivity index (χ3n) is 1.09. The Bertz CT molecular complexity index is 287. The van der Waals surface area contributed by atoms with Crippen LogP contribution in [0.2, 0.25) is 0 Å². The lowest BCUT2D eigenvalue weighted by molar-refractivity contribution is 0.522. The fourth-order valence-electron chi connectivity index (χ4n) is 0.575. The van der Waals surface area contributed by atoms with Gasteiger partial charge in [0.25, 0.3) is 0 Å². The second kappa shape index (κ2) is 5.45. The van der Waals surface area contributed by atoms with Gasteiger partial charge in [0.05, 0.1) is 0 Å². The number of allylic oxidation sites excluding steroid dienone is 2. The van der Waals surface area contributed by atoms with Crippen LogP contribution < -0.4 is 4.74 Å². The monoisotopic (exact) mass is 177 g/mol. The molecule has 0 aromatic carbocycles. The van der Waals surface area contributed by atoms with Crippen LogP contribution in [0.1, 0.15) is 6.42 Å². The highest BCUT2D eigenvalue weighted by Gasteiger charge is 1.86. The zero-order chi connectivity index (χ0) is 8.65. The minimum Gasteiger partial charge on any atom is -0.406 e. The molecule has 0 N–H and O–H groups in total. The Labute approximate surface area is 76.7 Å².